The molecule has 0 bridgehead atoms. The fraction of sp³-hybridized carbons (Fsp3) is 0.538. The van der Waals surface area contributed by atoms with Crippen molar-refractivity contribution in [2.45, 2.75) is 26.7 Å². The van der Waals surface area contributed by atoms with Crippen molar-refractivity contribution in [1.29, 1.82) is 0 Å². The van der Waals surface area contributed by atoms with E-state index in [9.17, 15) is 0 Å². The first-order chi connectivity index (χ1) is 7.24. The molecule has 0 aliphatic rings. The van der Waals surface area contributed by atoms with Crippen molar-refractivity contribution < 1.29 is 0 Å². The lowest BCUT2D eigenvalue weighted by Crippen LogP contribution is -2.19. The van der Waals surface area contributed by atoms with E-state index in [0.717, 1.165) is 31.8 Å². The molecular weight excluding hydrogens is 206 g/mol. The highest BCUT2D eigenvalue weighted by Crippen LogP contribution is 2.10. The Morgan fingerprint density at radius 3 is 2.73 bits per heavy atom. The number of nitrogens with one attached hydrogen (secondary N) is 1. The Morgan fingerprint density at radius 2 is 2.00 bits per heavy atom. The summed E-state index contributed by atoms with van der Waals surface area (Å²) in [5.41, 5.74) is 4.18. The zero-order valence-electron chi connectivity index (χ0n) is 9.65. The molecule has 0 aliphatic heterocycles. The molecule has 0 fully saturated rings. The summed E-state index contributed by atoms with van der Waals surface area (Å²) in [5, 5.41) is 3.40. The Labute approximate surface area is 97.8 Å². The molecule has 0 amide bonds. The smallest absolute Gasteiger partial charge is 0.0235 e. The summed E-state index contributed by atoms with van der Waals surface area (Å²) in [6.45, 7) is 6.38. The summed E-state index contributed by atoms with van der Waals surface area (Å²) >= 11 is 5.60. The standard InChI is InChI=1S/C13H20ClN/c1-11-4-5-12(2)13(10-11)6-9-15-8-3-7-14/h4-5,10,15H,3,6-9H2,1-2H3. The van der Waals surface area contributed by atoms with Gasteiger partial charge < -0.3 is 5.32 Å². The van der Waals surface area contributed by atoms with Crippen LogP contribution >= 0.6 is 11.6 Å². The van der Waals surface area contributed by atoms with E-state index in [4.69, 9.17) is 11.6 Å². The normalized spacial score (nSPS) is 10.6. The highest BCUT2D eigenvalue weighted by Gasteiger charge is 1.98. The average molecular weight is 226 g/mol. The predicted octanol–water partition coefficient (Wildman–Crippen LogP) is 3.06. The number of alkyl halides is 1. The van der Waals surface area contributed by atoms with E-state index in [0.29, 0.717) is 0 Å². The van der Waals surface area contributed by atoms with Crippen LogP contribution in [-0.4, -0.2) is 19.0 Å². The van der Waals surface area contributed by atoms with Gasteiger partial charge in [0.1, 0.15) is 0 Å². The van der Waals surface area contributed by atoms with Gasteiger partial charge >= 0.3 is 0 Å². The first-order valence-electron chi connectivity index (χ1n) is 5.57. The van der Waals surface area contributed by atoms with E-state index < -0.39 is 0 Å². The SMILES string of the molecule is Cc1ccc(C)c(CCNCCCCl)c1. The lowest BCUT2D eigenvalue weighted by atomic mass is 10.0. The van der Waals surface area contributed by atoms with Crippen molar-refractivity contribution >= 4 is 11.6 Å². The van der Waals surface area contributed by atoms with Crippen molar-refractivity contribution in [2.75, 3.05) is 19.0 Å². The van der Waals surface area contributed by atoms with Crippen molar-refractivity contribution in [1.82, 2.24) is 5.32 Å². The van der Waals surface area contributed by atoms with Crippen LogP contribution in [0.1, 0.15) is 23.1 Å². The second-order valence-electron chi connectivity index (χ2n) is 3.97. The summed E-state index contributed by atoms with van der Waals surface area (Å²) in [6.07, 6.45) is 2.16. The molecule has 1 aromatic carbocycles. The van der Waals surface area contributed by atoms with E-state index in [1.54, 1.807) is 0 Å². The maximum atomic E-state index is 5.60. The summed E-state index contributed by atoms with van der Waals surface area (Å²) < 4.78 is 0. The van der Waals surface area contributed by atoms with Crippen molar-refractivity contribution in [3.05, 3.63) is 34.9 Å². The van der Waals surface area contributed by atoms with Gasteiger partial charge in [-0.1, -0.05) is 23.8 Å². The van der Waals surface area contributed by atoms with Crippen LogP contribution in [0.5, 0.6) is 0 Å². The van der Waals surface area contributed by atoms with Crippen LogP contribution in [-0.2, 0) is 6.42 Å². The second kappa shape index (κ2) is 6.86. The zero-order chi connectivity index (χ0) is 11.1. The molecule has 0 radical (unpaired) electrons. The molecule has 0 unspecified atom stereocenters. The minimum Gasteiger partial charge on any atom is -0.316 e. The summed E-state index contributed by atoms with van der Waals surface area (Å²) in [4.78, 5) is 0. The Balaban J connectivity index is 2.33. The fourth-order valence-corrected chi connectivity index (χ4v) is 1.74. The highest BCUT2D eigenvalue weighted by atomic mass is 35.5. The average Bonchev–Trinajstić information content (AvgIpc) is 2.23. The van der Waals surface area contributed by atoms with Crippen LogP contribution in [0.4, 0.5) is 0 Å². The predicted molar refractivity (Wildman–Crippen MR) is 67.8 cm³/mol. The Hall–Kier alpha value is -0.530. The lowest BCUT2D eigenvalue weighted by molar-refractivity contribution is 0.672. The lowest BCUT2D eigenvalue weighted by Gasteiger charge is -2.07. The number of aryl methyl sites for hydroxylation is 2. The number of hydrogen-bond acceptors (Lipinski definition) is 1. The molecule has 0 aromatic heterocycles. The minimum atomic E-state index is 0.747. The van der Waals surface area contributed by atoms with Gasteiger partial charge in [0.05, 0.1) is 0 Å². The van der Waals surface area contributed by atoms with Gasteiger partial charge in [-0.3, -0.25) is 0 Å². The molecule has 1 N–H and O–H groups in total. The summed E-state index contributed by atoms with van der Waals surface area (Å²) in [5.74, 6) is 0.747. The number of benzene rings is 1. The van der Waals surface area contributed by atoms with Crippen LogP contribution in [0, 0.1) is 13.8 Å². The number of hydrogen-bond donors (Lipinski definition) is 1. The third kappa shape index (κ3) is 4.67. The molecule has 2 heteroatoms. The maximum Gasteiger partial charge on any atom is 0.0235 e. The van der Waals surface area contributed by atoms with Gasteiger partial charge in [-0.25, -0.2) is 0 Å². The van der Waals surface area contributed by atoms with E-state index in [-0.39, 0.29) is 0 Å². The molecule has 1 aromatic rings. The molecule has 0 atom stereocenters. The van der Waals surface area contributed by atoms with Crippen LogP contribution in [0.25, 0.3) is 0 Å². The Bertz CT molecular complexity index is 297. The van der Waals surface area contributed by atoms with E-state index >= 15 is 0 Å². The van der Waals surface area contributed by atoms with Crippen LogP contribution < -0.4 is 5.32 Å². The molecule has 0 heterocycles. The van der Waals surface area contributed by atoms with Crippen molar-refractivity contribution in [2.24, 2.45) is 0 Å². The van der Waals surface area contributed by atoms with Crippen LogP contribution in [0.3, 0.4) is 0 Å². The molecular formula is C13H20ClN. The first-order valence-corrected chi connectivity index (χ1v) is 6.10. The minimum absolute atomic E-state index is 0.747. The molecule has 84 valence electrons. The number of rotatable bonds is 6. The summed E-state index contributed by atoms with van der Waals surface area (Å²) in [7, 11) is 0. The number of halogens is 1. The van der Waals surface area contributed by atoms with Gasteiger partial charge in [-0.05, 0) is 50.9 Å². The molecule has 0 saturated carbocycles. The Morgan fingerprint density at radius 1 is 1.20 bits per heavy atom. The Kier molecular flexibility index (Phi) is 5.74. The molecule has 0 spiro atoms. The van der Waals surface area contributed by atoms with E-state index in [2.05, 4.69) is 37.4 Å². The van der Waals surface area contributed by atoms with Gasteiger partial charge in [0.25, 0.3) is 0 Å². The van der Waals surface area contributed by atoms with Gasteiger partial charge in [-0.2, -0.15) is 0 Å². The molecule has 1 nitrogen and oxygen atoms in total. The maximum absolute atomic E-state index is 5.60. The summed E-state index contributed by atoms with van der Waals surface area (Å²) in [6, 6.07) is 6.64. The zero-order valence-corrected chi connectivity index (χ0v) is 10.4. The van der Waals surface area contributed by atoms with Gasteiger partial charge in [0.2, 0.25) is 0 Å². The van der Waals surface area contributed by atoms with Gasteiger partial charge in [0.15, 0.2) is 0 Å². The van der Waals surface area contributed by atoms with E-state index in [1.165, 1.54) is 16.7 Å². The monoisotopic (exact) mass is 225 g/mol. The van der Waals surface area contributed by atoms with Gasteiger partial charge in [0, 0.05) is 5.88 Å². The second-order valence-corrected chi connectivity index (χ2v) is 4.35. The van der Waals surface area contributed by atoms with Crippen molar-refractivity contribution in [3.8, 4) is 0 Å². The third-order valence-corrected chi connectivity index (χ3v) is 2.83. The fourth-order valence-electron chi connectivity index (χ4n) is 1.61. The topological polar surface area (TPSA) is 12.0 Å². The first kappa shape index (κ1) is 12.5. The molecule has 0 aliphatic carbocycles. The third-order valence-electron chi connectivity index (χ3n) is 2.56. The molecule has 1 rings (SSSR count). The van der Waals surface area contributed by atoms with Gasteiger partial charge in [-0.15, -0.1) is 11.6 Å². The molecule has 0 saturated heterocycles. The quantitative estimate of drug-likeness (QED) is 0.580. The van der Waals surface area contributed by atoms with Crippen LogP contribution in [0.2, 0.25) is 0 Å². The molecule has 15 heavy (non-hydrogen) atoms. The van der Waals surface area contributed by atoms with Crippen molar-refractivity contribution in [3.63, 3.8) is 0 Å². The largest absolute Gasteiger partial charge is 0.316 e. The van der Waals surface area contributed by atoms with E-state index in [1.807, 2.05) is 0 Å². The highest BCUT2D eigenvalue weighted by molar-refractivity contribution is 6.17. The van der Waals surface area contributed by atoms with Crippen LogP contribution in [0.15, 0.2) is 18.2 Å².